The number of aliphatic carboxylic acids is 1. The lowest BCUT2D eigenvalue weighted by Gasteiger charge is -2.33. The van der Waals surface area contributed by atoms with Crippen LogP contribution in [0, 0.1) is 0 Å². The summed E-state index contributed by atoms with van der Waals surface area (Å²) in [5.41, 5.74) is 0. The predicted molar refractivity (Wildman–Crippen MR) is 69.5 cm³/mol. The van der Waals surface area contributed by atoms with E-state index in [1.807, 2.05) is 18.7 Å². The number of rotatable bonds is 6. The Balaban J connectivity index is 2.58. The first-order valence-corrected chi connectivity index (χ1v) is 6.87. The molecule has 0 aliphatic heterocycles. The van der Waals surface area contributed by atoms with Crippen LogP contribution in [0.15, 0.2) is 0 Å². The molecule has 0 spiro atoms. The van der Waals surface area contributed by atoms with E-state index in [9.17, 15) is 9.59 Å². The van der Waals surface area contributed by atoms with Crippen molar-refractivity contribution >= 4 is 12.0 Å². The summed E-state index contributed by atoms with van der Waals surface area (Å²) in [6.07, 6.45) is 4.55. The maximum absolute atomic E-state index is 12.4. The maximum atomic E-state index is 12.4. The zero-order chi connectivity index (χ0) is 13.5. The molecule has 1 rings (SSSR count). The van der Waals surface area contributed by atoms with Crippen LogP contribution in [0.2, 0.25) is 0 Å². The van der Waals surface area contributed by atoms with Crippen molar-refractivity contribution in [2.45, 2.75) is 52.0 Å². The third kappa shape index (κ3) is 3.89. The minimum Gasteiger partial charge on any atom is -0.481 e. The number of nitrogens with zero attached hydrogens (tertiary/aromatic N) is 2. The van der Waals surface area contributed by atoms with Crippen molar-refractivity contribution in [1.29, 1.82) is 0 Å². The highest BCUT2D eigenvalue weighted by Crippen LogP contribution is 2.24. The Morgan fingerprint density at radius 1 is 1.17 bits per heavy atom. The first-order chi connectivity index (χ1) is 8.60. The van der Waals surface area contributed by atoms with Gasteiger partial charge in [-0.1, -0.05) is 12.8 Å². The molecular formula is C13H24N2O3. The van der Waals surface area contributed by atoms with Crippen LogP contribution in [0.5, 0.6) is 0 Å². The molecule has 5 nitrogen and oxygen atoms in total. The third-order valence-electron chi connectivity index (χ3n) is 3.60. The minimum atomic E-state index is -0.856. The molecule has 1 fully saturated rings. The smallest absolute Gasteiger partial charge is 0.320 e. The van der Waals surface area contributed by atoms with Crippen LogP contribution in [-0.2, 0) is 4.79 Å². The number of carbonyl (C=O) groups is 2. The second-order valence-corrected chi connectivity index (χ2v) is 4.73. The molecule has 5 heteroatoms. The van der Waals surface area contributed by atoms with Crippen LogP contribution in [0.3, 0.4) is 0 Å². The monoisotopic (exact) mass is 256 g/mol. The van der Waals surface area contributed by atoms with Crippen molar-refractivity contribution in [3.05, 3.63) is 0 Å². The van der Waals surface area contributed by atoms with Gasteiger partial charge >= 0.3 is 12.0 Å². The zero-order valence-electron chi connectivity index (χ0n) is 11.4. The van der Waals surface area contributed by atoms with Gasteiger partial charge in [0.05, 0.1) is 6.42 Å². The van der Waals surface area contributed by atoms with Crippen LogP contribution in [0.1, 0.15) is 46.0 Å². The van der Waals surface area contributed by atoms with Gasteiger partial charge < -0.3 is 14.9 Å². The van der Waals surface area contributed by atoms with Gasteiger partial charge in [0.15, 0.2) is 0 Å². The fourth-order valence-electron chi connectivity index (χ4n) is 2.57. The van der Waals surface area contributed by atoms with Gasteiger partial charge in [0.25, 0.3) is 0 Å². The summed E-state index contributed by atoms with van der Waals surface area (Å²) in [4.78, 5) is 26.5. The lowest BCUT2D eigenvalue weighted by Crippen LogP contribution is -2.47. The summed E-state index contributed by atoms with van der Waals surface area (Å²) < 4.78 is 0. The molecule has 1 aliphatic rings. The summed E-state index contributed by atoms with van der Waals surface area (Å²) >= 11 is 0. The largest absolute Gasteiger partial charge is 0.481 e. The molecule has 0 heterocycles. The molecule has 1 N–H and O–H groups in total. The van der Waals surface area contributed by atoms with E-state index in [2.05, 4.69) is 0 Å². The normalized spacial score (nSPS) is 15.7. The molecule has 0 saturated heterocycles. The molecular weight excluding hydrogens is 232 g/mol. The lowest BCUT2D eigenvalue weighted by atomic mass is 10.2. The Morgan fingerprint density at radius 3 is 2.22 bits per heavy atom. The molecule has 0 radical (unpaired) electrons. The van der Waals surface area contributed by atoms with Gasteiger partial charge in [-0.25, -0.2) is 4.79 Å². The minimum absolute atomic E-state index is 0.00634. The fraction of sp³-hybridized carbons (Fsp3) is 0.846. The topological polar surface area (TPSA) is 60.9 Å². The van der Waals surface area contributed by atoms with Crippen molar-refractivity contribution < 1.29 is 14.7 Å². The van der Waals surface area contributed by atoms with E-state index < -0.39 is 5.97 Å². The van der Waals surface area contributed by atoms with Gasteiger partial charge in [0.2, 0.25) is 0 Å². The zero-order valence-corrected chi connectivity index (χ0v) is 11.4. The van der Waals surface area contributed by atoms with E-state index in [1.165, 1.54) is 12.8 Å². The van der Waals surface area contributed by atoms with E-state index in [4.69, 9.17) is 5.11 Å². The van der Waals surface area contributed by atoms with Crippen LogP contribution in [0.4, 0.5) is 4.79 Å². The van der Waals surface area contributed by atoms with Crippen molar-refractivity contribution in [3.63, 3.8) is 0 Å². The van der Waals surface area contributed by atoms with Crippen LogP contribution < -0.4 is 0 Å². The van der Waals surface area contributed by atoms with E-state index >= 15 is 0 Å². The maximum Gasteiger partial charge on any atom is 0.320 e. The molecule has 0 atom stereocenters. The number of amides is 2. The van der Waals surface area contributed by atoms with Crippen LogP contribution in [0.25, 0.3) is 0 Å². The molecule has 18 heavy (non-hydrogen) atoms. The predicted octanol–water partition coefficient (Wildman–Crippen LogP) is 2.17. The van der Waals surface area contributed by atoms with Crippen LogP contribution >= 0.6 is 0 Å². The van der Waals surface area contributed by atoms with Crippen molar-refractivity contribution in [2.24, 2.45) is 0 Å². The lowest BCUT2D eigenvalue weighted by molar-refractivity contribution is -0.137. The Kier molecular flexibility index (Phi) is 5.95. The molecule has 1 saturated carbocycles. The molecule has 2 amide bonds. The second-order valence-electron chi connectivity index (χ2n) is 4.73. The Hall–Kier alpha value is -1.26. The van der Waals surface area contributed by atoms with Crippen molar-refractivity contribution in [1.82, 2.24) is 9.80 Å². The number of carbonyl (C=O) groups excluding carboxylic acids is 1. The number of hydrogen-bond donors (Lipinski definition) is 1. The third-order valence-corrected chi connectivity index (χ3v) is 3.60. The molecule has 0 unspecified atom stereocenters. The summed E-state index contributed by atoms with van der Waals surface area (Å²) in [5.74, 6) is -0.856. The van der Waals surface area contributed by atoms with Gasteiger partial charge in [-0.3, -0.25) is 4.79 Å². The van der Waals surface area contributed by atoms with Gasteiger partial charge in [-0.05, 0) is 26.7 Å². The highest BCUT2D eigenvalue weighted by molar-refractivity contribution is 5.75. The van der Waals surface area contributed by atoms with E-state index in [-0.39, 0.29) is 12.5 Å². The van der Waals surface area contributed by atoms with E-state index in [0.717, 1.165) is 12.8 Å². The summed E-state index contributed by atoms with van der Waals surface area (Å²) in [6, 6.07) is 0.342. The van der Waals surface area contributed by atoms with Crippen LogP contribution in [-0.4, -0.2) is 52.6 Å². The molecule has 0 aromatic carbocycles. The van der Waals surface area contributed by atoms with Crippen molar-refractivity contribution in [2.75, 3.05) is 19.6 Å². The summed E-state index contributed by atoms with van der Waals surface area (Å²) in [5, 5.41) is 8.70. The molecule has 0 aromatic heterocycles. The number of hydrogen-bond acceptors (Lipinski definition) is 2. The van der Waals surface area contributed by atoms with Gasteiger partial charge in [-0.15, -0.1) is 0 Å². The number of carboxylic acids is 1. The highest BCUT2D eigenvalue weighted by Gasteiger charge is 2.28. The summed E-state index contributed by atoms with van der Waals surface area (Å²) in [7, 11) is 0. The molecule has 0 aromatic rings. The quantitative estimate of drug-likeness (QED) is 0.792. The number of carboxylic acid groups (broad SMARTS) is 1. The Labute approximate surface area is 109 Å². The average molecular weight is 256 g/mol. The van der Waals surface area contributed by atoms with E-state index in [1.54, 1.807) is 4.90 Å². The molecule has 0 bridgehead atoms. The first-order valence-electron chi connectivity index (χ1n) is 6.87. The van der Waals surface area contributed by atoms with Gasteiger partial charge in [0, 0.05) is 25.7 Å². The second kappa shape index (κ2) is 7.24. The molecule has 104 valence electrons. The van der Waals surface area contributed by atoms with E-state index in [0.29, 0.717) is 25.7 Å². The summed E-state index contributed by atoms with van der Waals surface area (Å²) in [6.45, 7) is 5.44. The average Bonchev–Trinajstić information content (AvgIpc) is 2.84. The highest BCUT2D eigenvalue weighted by atomic mass is 16.4. The molecule has 1 aliphatic carbocycles. The van der Waals surface area contributed by atoms with Crippen molar-refractivity contribution in [3.8, 4) is 0 Å². The Morgan fingerprint density at radius 2 is 1.78 bits per heavy atom. The fourth-order valence-corrected chi connectivity index (χ4v) is 2.57. The standard InChI is InChI=1S/C13H24N2O3/c1-3-14(10-9-12(16)17)13(18)15(4-2)11-7-5-6-8-11/h11H,3-10H2,1-2H3,(H,16,17). The Bertz CT molecular complexity index is 288. The number of urea groups is 1. The van der Waals surface area contributed by atoms with Gasteiger partial charge in [0.1, 0.15) is 0 Å². The SMILES string of the molecule is CCN(CCC(=O)O)C(=O)N(CC)C1CCCC1. The first kappa shape index (κ1) is 14.8. The van der Waals surface area contributed by atoms with Gasteiger partial charge in [-0.2, -0.15) is 0 Å².